The maximum atomic E-state index is 13.1. The Labute approximate surface area is 167 Å². The number of rotatable bonds is 4. The number of urea groups is 1. The van der Waals surface area contributed by atoms with Gasteiger partial charge < -0.3 is 15.7 Å². The Kier molecular flexibility index (Phi) is 5.33. The molecule has 0 aromatic heterocycles. The molecule has 1 aliphatic rings. The fourth-order valence-corrected chi connectivity index (χ4v) is 3.21. The quantitative estimate of drug-likeness (QED) is 0.713. The number of benzene rings is 2. The summed E-state index contributed by atoms with van der Waals surface area (Å²) < 4.78 is 0. The molecule has 3 amide bonds. The molecule has 0 fully saturated rings. The van der Waals surface area contributed by atoms with Crippen molar-refractivity contribution < 1.29 is 14.7 Å². The number of carbonyl (C=O) groups excluding carboxylic acids is 2. The van der Waals surface area contributed by atoms with Gasteiger partial charge in [0, 0.05) is 11.6 Å². The number of halogens is 2. The zero-order valence-corrected chi connectivity index (χ0v) is 16.3. The third-order valence-corrected chi connectivity index (χ3v) is 5.28. The number of anilines is 2. The van der Waals surface area contributed by atoms with E-state index in [1.54, 1.807) is 24.3 Å². The number of amides is 3. The van der Waals surface area contributed by atoms with Gasteiger partial charge in [-0.25, -0.2) is 4.79 Å². The van der Waals surface area contributed by atoms with E-state index in [9.17, 15) is 14.7 Å². The summed E-state index contributed by atoms with van der Waals surface area (Å²) in [7, 11) is 0. The smallest absolute Gasteiger partial charge is 0.329 e. The van der Waals surface area contributed by atoms with Crippen molar-refractivity contribution in [3.05, 3.63) is 58.1 Å². The normalized spacial score (nSPS) is 19.9. The summed E-state index contributed by atoms with van der Waals surface area (Å²) in [5.74, 6) is -0.703. The molecule has 0 radical (unpaired) electrons. The predicted octanol–water partition coefficient (Wildman–Crippen LogP) is 4.11. The molecule has 0 aliphatic carbocycles. The van der Waals surface area contributed by atoms with Gasteiger partial charge in [0.15, 0.2) is 0 Å². The Morgan fingerprint density at radius 2 is 1.96 bits per heavy atom. The maximum Gasteiger partial charge on any atom is 0.329 e. The number of nitrogens with zero attached hydrogens (tertiary/aromatic N) is 1. The first kappa shape index (κ1) is 19.5. The number of aliphatic hydroxyl groups is 1. The first-order valence-electron chi connectivity index (χ1n) is 8.48. The molecule has 2 aromatic rings. The number of para-hydroxylation sites is 1. The molecule has 27 heavy (non-hydrogen) atoms. The summed E-state index contributed by atoms with van der Waals surface area (Å²) in [6.07, 6.45) is 0.669. The van der Waals surface area contributed by atoms with Crippen LogP contribution >= 0.6 is 23.2 Å². The highest BCUT2D eigenvalue weighted by molar-refractivity contribution is 6.42. The van der Waals surface area contributed by atoms with Gasteiger partial charge in [0.1, 0.15) is 0 Å². The van der Waals surface area contributed by atoms with Crippen molar-refractivity contribution in [3.8, 4) is 0 Å². The van der Waals surface area contributed by atoms with Crippen molar-refractivity contribution in [2.45, 2.75) is 32.0 Å². The van der Waals surface area contributed by atoms with Crippen LogP contribution in [0, 0.1) is 0 Å². The lowest BCUT2D eigenvalue weighted by atomic mass is 9.94. The number of fused-ring (bicyclic) bond motifs is 1. The van der Waals surface area contributed by atoms with E-state index < -0.39 is 17.7 Å². The molecule has 1 aliphatic heterocycles. The number of carbonyl (C=O) groups is 2. The van der Waals surface area contributed by atoms with Gasteiger partial charge in [0.25, 0.3) is 11.6 Å². The van der Waals surface area contributed by atoms with Crippen LogP contribution in [0.1, 0.15) is 25.8 Å². The van der Waals surface area contributed by atoms with Gasteiger partial charge >= 0.3 is 6.03 Å². The van der Waals surface area contributed by atoms with Crippen LogP contribution in [-0.4, -0.2) is 23.1 Å². The standard InChI is InChI=1S/C19H19Cl2N3O3/c1-3-11(2)22-17(25)19(27)13-6-4-5-7-16(13)23-18(26)24(19)12-8-9-14(20)15(21)10-12/h4-11,27H,3H2,1-2H3,(H,22,25)(H,23,26)/t11-,19+/m1/s1. The van der Waals surface area contributed by atoms with Crippen LogP contribution in [0.5, 0.6) is 0 Å². The van der Waals surface area contributed by atoms with E-state index in [0.29, 0.717) is 17.1 Å². The van der Waals surface area contributed by atoms with E-state index in [-0.39, 0.29) is 22.3 Å². The molecule has 142 valence electrons. The number of hydrogen-bond donors (Lipinski definition) is 3. The van der Waals surface area contributed by atoms with Crippen molar-refractivity contribution in [2.75, 3.05) is 10.2 Å². The lowest BCUT2D eigenvalue weighted by molar-refractivity contribution is -0.140. The molecule has 0 spiro atoms. The summed E-state index contributed by atoms with van der Waals surface area (Å²) in [5, 5.41) is 17.5. The molecule has 0 unspecified atom stereocenters. The average Bonchev–Trinajstić information content (AvgIpc) is 2.64. The van der Waals surface area contributed by atoms with Crippen LogP contribution in [0.25, 0.3) is 0 Å². The number of nitrogens with one attached hydrogen (secondary N) is 2. The molecule has 3 N–H and O–H groups in total. The largest absolute Gasteiger partial charge is 0.359 e. The Morgan fingerprint density at radius 1 is 1.26 bits per heavy atom. The van der Waals surface area contributed by atoms with E-state index >= 15 is 0 Å². The highest BCUT2D eigenvalue weighted by Gasteiger charge is 2.52. The average molecular weight is 408 g/mol. The van der Waals surface area contributed by atoms with Crippen LogP contribution in [-0.2, 0) is 10.5 Å². The highest BCUT2D eigenvalue weighted by atomic mass is 35.5. The molecule has 6 nitrogen and oxygen atoms in total. The minimum absolute atomic E-state index is 0.186. The molecule has 0 bridgehead atoms. The zero-order valence-electron chi connectivity index (χ0n) is 14.8. The van der Waals surface area contributed by atoms with E-state index in [2.05, 4.69) is 10.6 Å². The minimum atomic E-state index is -2.25. The monoisotopic (exact) mass is 407 g/mol. The summed E-state index contributed by atoms with van der Waals surface area (Å²) in [4.78, 5) is 26.9. The van der Waals surface area contributed by atoms with Crippen LogP contribution in [0.4, 0.5) is 16.2 Å². The Hall–Kier alpha value is -2.28. The molecule has 8 heteroatoms. The Bertz CT molecular complexity index is 906. The van der Waals surface area contributed by atoms with Gasteiger partial charge in [-0.15, -0.1) is 0 Å². The fraction of sp³-hybridized carbons (Fsp3) is 0.263. The van der Waals surface area contributed by atoms with Crippen LogP contribution < -0.4 is 15.5 Å². The van der Waals surface area contributed by atoms with Crippen LogP contribution in [0.3, 0.4) is 0 Å². The van der Waals surface area contributed by atoms with E-state index in [0.717, 1.165) is 4.90 Å². The van der Waals surface area contributed by atoms with Gasteiger partial charge in [0.05, 0.1) is 21.4 Å². The predicted molar refractivity (Wildman–Crippen MR) is 106 cm³/mol. The Balaban J connectivity index is 2.18. The maximum absolute atomic E-state index is 13.1. The first-order valence-corrected chi connectivity index (χ1v) is 9.23. The topological polar surface area (TPSA) is 81.7 Å². The van der Waals surface area contributed by atoms with Gasteiger partial charge in [-0.1, -0.05) is 48.3 Å². The van der Waals surface area contributed by atoms with E-state index in [1.807, 2.05) is 13.8 Å². The molecule has 0 saturated carbocycles. The van der Waals surface area contributed by atoms with Crippen LogP contribution in [0.15, 0.2) is 42.5 Å². The molecule has 2 aromatic carbocycles. The second kappa shape index (κ2) is 7.38. The van der Waals surface area contributed by atoms with Gasteiger partial charge in [0.2, 0.25) is 0 Å². The summed E-state index contributed by atoms with van der Waals surface area (Å²) in [6.45, 7) is 3.73. The molecular weight excluding hydrogens is 389 g/mol. The van der Waals surface area contributed by atoms with Crippen LogP contribution in [0.2, 0.25) is 10.0 Å². The molecule has 0 saturated heterocycles. The van der Waals surface area contributed by atoms with Gasteiger partial charge in [-0.3, -0.25) is 9.69 Å². The lowest BCUT2D eigenvalue weighted by Gasteiger charge is -2.43. The molecular formula is C19H19Cl2N3O3. The first-order chi connectivity index (χ1) is 12.8. The highest BCUT2D eigenvalue weighted by Crippen LogP contribution is 2.41. The van der Waals surface area contributed by atoms with Crippen molar-refractivity contribution in [1.82, 2.24) is 5.32 Å². The molecule has 3 rings (SSSR count). The summed E-state index contributed by atoms with van der Waals surface area (Å²) >= 11 is 12.1. The Morgan fingerprint density at radius 3 is 2.63 bits per heavy atom. The summed E-state index contributed by atoms with van der Waals surface area (Å²) in [6, 6.07) is 10.2. The van der Waals surface area contributed by atoms with Crippen molar-refractivity contribution in [2.24, 2.45) is 0 Å². The zero-order chi connectivity index (χ0) is 19.8. The third-order valence-electron chi connectivity index (χ3n) is 4.54. The minimum Gasteiger partial charge on any atom is -0.359 e. The van der Waals surface area contributed by atoms with Gasteiger partial charge in [-0.2, -0.15) is 0 Å². The van der Waals surface area contributed by atoms with Crippen molar-refractivity contribution in [1.29, 1.82) is 0 Å². The SMILES string of the molecule is CC[C@@H](C)NC(=O)[C@@]1(O)c2ccccc2NC(=O)N1c1ccc(Cl)c(Cl)c1. The second-order valence-electron chi connectivity index (χ2n) is 6.36. The molecule has 1 heterocycles. The van der Waals surface area contributed by atoms with E-state index in [4.69, 9.17) is 23.2 Å². The lowest BCUT2D eigenvalue weighted by Crippen LogP contribution is -2.63. The van der Waals surface area contributed by atoms with Crippen molar-refractivity contribution in [3.63, 3.8) is 0 Å². The second-order valence-corrected chi connectivity index (χ2v) is 7.18. The third kappa shape index (κ3) is 3.36. The number of hydrogen-bond acceptors (Lipinski definition) is 3. The van der Waals surface area contributed by atoms with Crippen molar-refractivity contribution >= 4 is 46.5 Å². The van der Waals surface area contributed by atoms with E-state index in [1.165, 1.54) is 18.2 Å². The molecule has 2 atom stereocenters. The van der Waals surface area contributed by atoms with Gasteiger partial charge in [-0.05, 0) is 37.6 Å². The summed E-state index contributed by atoms with van der Waals surface area (Å²) in [5.41, 5.74) is -1.39. The fourth-order valence-electron chi connectivity index (χ4n) is 2.91.